The van der Waals surface area contributed by atoms with Crippen molar-refractivity contribution in [3.05, 3.63) is 228 Å². The van der Waals surface area contributed by atoms with Crippen molar-refractivity contribution in [3.63, 3.8) is 0 Å². The van der Waals surface area contributed by atoms with Crippen molar-refractivity contribution in [1.29, 1.82) is 0 Å². The lowest BCUT2D eigenvalue weighted by molar-refractivity contribution is 0.195. The molecule has 0 saturated heterocycles. The first-order valence-electron chi connectivity index (χ1n) is 29.8. The summed E-state index contributed by atoms with van der Waals surface area (Å²) in [5, 5.41) is 5.66. The molecule has 2 saturated carbocycles. The SMILES string of the molecule is CC12CCCCC1(C)N(c1ccc([Si](C)(C)C)cc1)c1ccc(-c3ccc4c(c3)C(c3ccccc3)(c3ccccc3)c3cc(-c5ccc6c(c5)C5(C)CCCCC5(C)N6c5ccc([Si](C)(C)C)cc5)c5ccccc5c3-4)cc12. The van der Waals surface area contributed by atoms with Crippen molar-refractivity contribution < 1.29 is 0 Å². The molecule has 4 atom stereocenters. The van der Waals surface area contributed by atoms with Crippen LogP contribution in [0.5, 0.6) is 0 Å². The summed E-state index contributed by atoms with van der Waals surface area (Å²) in [6.07, 6.45) is 9.78. The van der Waals surface area contributed by atoms with Crippen molar-refractivity contribution in [2.24, 2.45) is 0 Å². The maximum atomic E-state index is 2.75. The summed E-state index contributed by atoms with van der Waals surface area (Å²) in [4.78, 5) is 5.50. The van der Waals surface area contributed by atoms with E-state index in [4.69, 9.17) is 0 Å². The predicted molar refractivity (Wildman–Crippen MR) is 344 cm³/mol. The van der Waals surface area contributed by atoms with E-state index in [1.165, 1.54) is 162 Å². The summed E-state index contributed by atoms with van der Waals surface area (Å²) in [7, 11) is -2.90. The molecule has 0 bridgehead atoms. The van der Waals surface area contributed by atoms with Crippen LogP contribution in [0, 0.1) is 0 Å². The zero-order valence-corrected chi connectivity index (χ0v) is 50.5. The highest BCUT2D eigenvalue weighted by molar-refractivity contribution is 6.89. The largest absolute Gasteiger partial charge is 0.334 e. The molecule has 0 spiro atoms. The maximum Gasteiger partial charge on any atom is 0.0775 e. The fraction of sp³-hybridized carbons (Fsp3) is 0.307. The van der Waals surface area contributed by atoms with E-state index in [0.29, 0.717) is 0 Å². The highest BCUT2D eigenvalue weighted by Crippen LogP contribution is 2.65. The van der Waals surface area contributed by atoms with E-state index in [1.807, 2.05) is 0 Å². The van der Waals surface area contributed by atoms with Gasteiger partial charge in [-0.05, 0) is 178 Å². The molecular formula is C75H78N2Si2. The minimum absolute atomic E-state index is 0.00705. The number of fused-ring (bicyclic) bond motifs is 11. The molecule has 396 valence electrons. The molecule has 9 aromatic rings. The summed E-state index contributed by atoms with van der Waals surface area (Å²) in [6.45, 7) is 25.0. The standard InChI is InChI=1S/C75H78N2Si2/c1-71-43-19-21-45-73(71,3)76(56-32-36-58(37-33-56)78(5,6)7)68-41-30-52(48-65(68)71)51-29-40-62-64(47-51)75(54-23-13-11-14-24-54,55-25-15-12-16-26-55)67-50-63(60-27-17-18-28-61(60)70(62)67)53-31-42-69-66(49-53)72(2)44-20-22-46-74(72,4)77(69)57-34-38-59(39-35-57)79(8,9)10/h11-18,23-42,47-50H,19-22,43-46H2,1-10H3. The first-order valence-corrected chi connectivity index (χ1v) is 36.8. The van der Waals surface area contributed by atoms with E-state index in [9.17, 15) is 0 Å². The van der Waals surface area contributed by atoms with Gasteiger partial charge in [0.1, 0.15) is 0 Å². The lowest BCUT2D eigenvalue weighted by Crippen LogP contribution is -2.54. The summed E-state index contributed by atoms with van der Waals surface area (Å²) in [6, 6.07) is 77.0. The van der Waals surface area contributed by atoms with E-state index in [-0.39, 0.29) is 21.9 Å². The van der Waals surface area contributed by atoms with E-state index < -0.39 is 21.6 Å². The van der Waals surface area contributed by atoms with Gasteiger partial charge >= 0.3 is 0 Å². The van der Waals surface area contributed by atoms with Crippen LogP contribution in [0.3, 0.4) is 0 Å². The second-order valence-electron chi connectivity index (χ2n) is 27.5. The number of hydrogen-bond donors (Lipinski definition) is 0. The Morgan fingerprint density at radius 2 is 0.772 bits per heavy atom. The molecule has 0 aromatic heterocycles. The second kappa shape index (κ2) is 17.6. The van der Waals surface area contributed by atoms with E-state index in [2.05, 4.69) is 271 Å². The monoisotopic (exact) mass is 1060 g/mol. The zero-order chi connectivity index (χ0) is 54.5. The molecule has 4 unspecified atom stereocenters. The molecule has 2 aliphatic heterocycles. The van der Waals surface area contributed by atoms with Crippen LogP contribution in [0.25, 0.3) is 44.2 Å². The lowest BCUT2D eigenvalue weighted by atomic mass is 9.61. The van der Waals surface area contributed by atoms with Crippen molar-refractivity contribution in [3.8, 4) is 33.4 Å². The molecular weight excluding hydrogens is 985 g/mol. The number of anilines is 4. The van der Waals surface area contributed by atoms with Crippen molar-refractivity contribution >= 4 is 60.0 Å². The van der Waals surface area contributed by atoms with Crippen LogP contribution >= 0.6 is 0 Å². The minimum atomic E-state index is -1.45. The third-order valence-electron chi connectivity index (χ3n) is 21.4. The summed E-state index contributed by atoms with van der Waals surface area (Å²) in [5.74, 6) is 0. The van der Waals surface area contributed by atoms with Gasteiger partial charge in [-0.2, -0.15) is 0 Å². The van der Waals surface area contributed by atoms with Crippen LogP contribution in [0.15, 0.2) is 194 Å². The molecule has 2 fully saturated rings. The van der Waals surface area contributed by atoms with Crippen LogP contribution in [0.1, 0.15) is 112 Å². The third-order valence-corrected chi connectivity index (χ3v) is 25.5. The fourth-order valence-electron chi connectivity index (χ4n) is 16.6. The smallest absolute Gasteiger partial charge is 0.0775 e. The third kappa shape index (κ3) is 7.11. The predicted octanol–water partition coefficient (Wildman–Crippen LogP) is 19.1. The molecule has 2 nitrogen and oxygen atoms in total. The van der Waals surface area contributed by atoms with E-state index in [1.54, 1.807) is 0 Å². The Labute approximate surface area is 473 Å². The molecule has 5 aliphatic rings. The second-order valence-corrected chi connectivity index (χ2v) is 37.6. The first kappa shape index (κ1) is 50.5. The van der Waals surface area contributed by atoms with E-state index >= 15 is 0 Å². The average molecular weight is 1060 g/mol. The van der Waals surface area contributed by atoms with Crippen LogP contribution in [-0.4, -0.2) is 27.2 Å². The molecule has 2 heterocycles. The van der Waals surface area contributed by atoms with Gasteiger partial charge in [-0.25, -0.2) is 0 Å². The first-order chi connectivity index (χ1) is 37.9. The number of nitrogens with zero attached hydrogens (tertiary/aromatic N) is 2. The van der Waals surface area contributed by atoms with Gasteiger partial charge in [0.2, 0.25) is 0 Å². The summed E-state index contributed by atoms with van der Waals surface area (Å²) < 4.78 is 0. The Hall–Kier alpha value is -6.73. The number of rotatable bonds is 8. The van der Waals surface area contributed by atoms with Crippen molar-refractivity contribution in [1.82, 2.24) is 0 Å². The highest BCUT2D eigenvalue weighted by Gasteiger charge is 2.59. The van der Waals surface area contributed by atoms with Gasteiger partial charge in [0.05, 0.1) is 32.6 Å². The molecule has 0 radical (unpaired) electrons. The highest BCUT2D eigenvalue weighted by atomic mass is 28.3. The average Bonchev–Trinajstić information content (AvgIpc) is 3.81. The quantitative estimate of drug-likeness (QED) is 0.140. The Kier molecular flexibility index (Phi) is 11.3. The molecule has 3 aliphatic carbocycles. The molecule has 14 rings (SSSR count). The zero-order valence-electron chi connectivity index (χ0n) is 48.5. The van der Waals surface area contributed by atoms with Gasteiger partial charge in [0.15, 0.2) is 0 Å². The van der Waals surface area contributed by atoms with Gasteiger partial charge in [0.25, 0.3) is 0 Å². The topological polar surface area (TPSA) is 6.48 Å². The molecule has 4 heteroatoms. The summed E-state index contributed by atoms with van der Waals surface area (Å²) >= 11 is 0. The van der Waals surface area contributed by atoms with Crippen molar-refractivity contribution in [2.45, 2.75) is 146 Å². The Morgan fingerprint density at radius 3 is 1.27 bits per heavy atom. The maximum absolute atomic E-state index is 2.75. The Bertz CT molecular complexity index is 3850. The van der Waals surface area contributed by atoms with Crippen LogP contribution < -0.4 is 20.2 Å². The molecule has 0 N–H and O–H groups in total. The van der Waals surface area contributed by atoms with Crippen LogP contribution in [0.4, 0.5) is 22.7 Å². The summed E-state index contributed by atoms with van der Waals surface area (Å²) in [5.41, 5.74) is 20.9. The fourth-order valence-corrected chi connectivity index (χ4v) is 18.9. The van der Waals surface area contributed by atoms with Crippen molar-refractivity contribution in [2.75, 3.05) is 9.80 Å². The lowest BCUT2D eigenvalue weighted by Gasteiger charge is -2.50. The number of hydrogen-bond acceptors (Lipinski definition) is 2. The number of benzene rings is 9. The molecule has 79 heavy (non-hydrogen) atoms. The van der Waals surface area contributed by atoms with Crippen LogP contribution in [0.2, 0.25) is 39.3 Å². The normalized spacial score (nSPS) is 23.7. The Balaban J connectivity index is 0.961. The van der Waals surface area contributed by atoms with Gasteiger partial charge in [-0.15, -0.1) is 0 Å². The van der Waals surface area contributed by atoms with E-state index in [0.717, 1.165) is 0 Å². The molecule has 9 aromatic carbocycles. The van der Waals surface area contributed by atoms with Gasteiger partial charge < -0.3 is 9.80 Å². The van der Waals surface area contributed by atoms with Gasteiger partial charge in [0, 0.05) is 33.6 Å². The van der Waals surface area contributed by atoms with Crippen LogP contribution in [-0.2, 0) is 16.2 Å². The van der Waals surface area contributed by atoms with Gasteiger partial charge in [-0.3, -0.25) is 0 Å². The Morgan fingerprint density at radius 1 is 0.354 bits per heavy atom. The molecule has 0 amide bonds. The van der Waals surface area contributed by atoms with Gasteiger partial charge in [-0.1, -0.05) is 223 Å². The minimum Gasteiger partial charge on any atom is -0.334 e.